The molecule has 134 valence electrons. The van der Waals surface area contributed by atoms with Crippen LogP contribution in [0.15, 0.2) is 40.2 Å². The number of likely N-dealkylation sites (tertiary alicyclic amines) is 1. The number of benzene rings is 1. The van der Waals surface area contributed by atoms with Gasteiger partial charge in [-0.2, -0.15) is 0 Å². The Balaban J connectivity index is 1.69. The Morgan fingerprint density at radius 3 is 2.42 bits per heavy atom. The van der Waals surface area contributed by atoms with Gasteiger partial charge in [0, 0.05) is 26.7 Å². The van der Waals surface area contributed by atoms with Crippen molar-refractivity contribution in [3.8, 4) is 0 Å². The number of guanidine groups is 1. The minimum atomic E-state index is -3.26. The molecule has 1 aromatic carbocycles. The standard InChI is InChI=1S/C17H28N4O2S/c1-18-17(19-10-14-21-12-6-3-7-13-21)20-11-15-24(22,23)16-8-4-2-5-9-16/h2,4-5,8-9H,3,6-7,10-15H2,1H3,(H2,18,19,20). The average Bonchev–Trinajstić information content (AvgIpc) is 2.62. The van der Waals surface area contributed by atoms with Gasteiger partial charge in [-0.15, -0.1) is 0 Å². The van der Waals surface area contributed by atoms with Gasteiger partial charge >= 0.3 is 0 Å². The number of rotatable bonds is 7. The summed E-state index contributed by atoms with van der Waals surface area (Å²) < 4.78 is 24.4. The molecule has 6 nitrogen and oxygen atoms in total. The Labute approximate surface area is 145 Å². The van der Waals surface area contributed by atoms with Crippen molar-refractivity contribution in [2.45, 2.75) is 24.2 Å². The monoisotopic (exact) mass is 352 g/mol. The van der Waals surface area contributed by atoms with Crippen molar-refractivity contribution in [2.24, 2.45) is 4.99 Å². The van der Waals surface area contributed by atoms with E-state index in [1.165, 1.54) is 32.4 Å². The first kappa shape index (κ1) is 18.7. The van der Waals surface area contributed by atoms with Crippen molar-refractivity contribution < 1.29 is 8.42 Å². The van der Waals surface area contributed by atoms with E-state index in [0.717, 1.165) is 13.1 Å². The lowest BCUT2D eigenvalue weighted by Gasteiger charge is -2.26. The first-order chi connectivity index (χ1) is 11.6. The average molecular weight is 353 g/mol. The number of nitrogens with one attached hydrogen (secondary N) is 2. The third-order valence-corrected chi connectivity index (χ3v) is 5.89. The van der Waals surface area contributed by atoms with Gasteiger partial charge in [0.25, 0.3) is 0 Å². The van der Waals surface area contributed by atoms with E-state index in [1.807, 2.05) is 6.07 Å². The maximum absolute atomic E-state index is 12.2. The number of aliphatic imine (C=N–C) groups is 1. The van der Waals surface area contributed by atoms with Crippen molar-refractivity contribution in [3.05, 3.63) is 30.3 Å². The molecule has 0 atom stereocenters. The molecule has 1 aliphatic heterocycles. The summed E-state index contributed by atoms with van der Waals surface area (Å²) in [6.45, 7) is 4.47. The van der Waals surface area contributed by atoms with E-state index >= 15 is 0 Å². The summed E-state index contributed by atoms with van der Waals surface area (Å²) in [6.07, 6.45) is 3.90. The van der Waals surface area contributed by atoms with Crippen molar-refractivity contribution >= 4 is 15.8 Å². The molecule has 2 N–H and O–H groups in total. The van der Waals surface area contributed by atoms with Gasteiger partial charge in [-0.05, 0) is 38.1 Å². The molecule has 1 aliphatic rings. The second-order valence-electron chi connectivity index (χ2n) is 5.96. The fourth-order valence-corrected chi connectivity index (χ4v) is 3.96. The first-order valence-electron chi connectivity index (χ1n) is 8.56. The van der Waals surface area contributed by atoms with E-state index in [4.69, 9.17) is 0 Å². The molecule has 1 aromatic rings. The van der Waals surface area contributed by atoms with Crippen LogP contribution in [0, 0.1) is 0 Å². The van der Waals surface area contributed by atoms with Crippen molar-refractivity contribution in [1.29, 1.82) is 0 Å². The molecule has 24 heavy (non-hydrogen) atoms. The molecule has 0 aromatic heterocycles. The van der Waals surface area contributed by atoms with Crippen LogP contribution in [-0.2, 0) is 9.84 Å². The Morgan fingerprint density at radius 2 is 1.75 bits per heavy atom. The topological polar surface area (TPSA) is 73.8 Å². The molecule has 1 heterocycles. The van der Waals surface area contributed by atoms with Gasteiger partial charge in [0.15, 0.2) is 15.8 Å². The molecule has 2 rings (SSSR count). The van der Waals surface area contributed by atoms with E-state index < -0.39 is 9.84 Å². The molecule has 0 aliphatic carbocycles. The highest BCUT2D eigenvalue weighted by molar-refractivity contribution is 7.91. The smallest absolute Gasteiger partial charge is 0.191 e. The van der Waals surface area contributed by atoms with Crippen LogP contribution in [0.5, 0.6) is 0 Å². The van der Waals surface area contributed by atoms with Gasteiger partial charge in [-0.25, -0.2) is 8.42 Å². The van der Waals surface area contributed by atoms with Crippen LogP contribution in [0.4, 0.5) is 0 Å². The first-order valence-corrected chi connectivity index (χ1v) is 10.2. The highest BCUT2D eigenvalue weighted by Gasteiger charge is 2.14. The zero-order valence-electron chi connectivity index (χ0n) is 14.4. The largest absolute Gasteiger partial charge is 0.355 e. The van der Waals surface area contributed by atoms with Crippen LogP contribution < -0.4 is 10.6 Å². The number of piperidine rings is 1. The Bertz CT molecular complexity index is 611. The molecule has 0 saturated carbocycles. The van der Waals surface area contributed by atoms with E-state index in [1.54, 1.807) is 31.3 Å². The van der Waals surface area contributed by atoms with E-state index in [0.29, 0.717) is 17.4 Å². The summed E-state index contributed by atoms with van der Waals surface area (Å²) in [4.78, 5) is 6.95. The Hall–Kier alpha value is -1.60. The van der Waals surface area contributed by atoms with Gasteiger partial charge in [0.1, 0.15) is 0 Å². The summed E-state index contributed by atoms with van der Waals surface area (Å²) >= 11 is 0. The van der Waals surface area contributed by atoms with Gasteiger partial charge in [-0.1, -0.05) is 24.6 Å². The summed E-state index contributed by atoms with van der Waals surface area (Å²) in [6, 6.07) is 8.54. The molecule has 7 heteroatoms. The van der Waals surface area contributed by atoms with Crippen LogP contribution in [0.25, 0.3) is 0 Å². The lowest BCUT2D eigenvalue weighted by atomic mass is 10.1. The third kappa shape index (κ3) is 6.13. The highest BCUT2D eigenvalue weighted by Crippen LogP contribution is 2.09. The molecule has 0 unspecified atom stereocenters. The Kier molecular flexibility index (Phi) is 7.52. The summed E-state index contributed by atoms with van der Waals surface area (Å²) in [7, 11) is -1.56. The predicted octanol–water partition coefficient (Wildman–Crippen LogP) is 1.11. The molecule has 0 bridgehead atoms. The fraction of sp³-hybridized carbons (Fsp3) is 0.588. The fourth-order valence-electron chi connectivity index (χ4n) is 2.79. The van der Waals surface area contributed by atoms with Crippen LogP contribution in [0.2, 0.25) is 0 Å². The zero-order chi connectivity index (χ0) is 17.3. The molecular formula is C17H28N4O2S. The van der Waals surface area contributed by atoms with Gasteiger partial charge in [-0.3, -0.25) is 4.99 Å². The third-order valence-electron chi connectivity index (χ3n) is 4.16. The number of hydrogen-bond donors (Lipinski definition) is 2. The summed E-state index contributed by atoms with van der Waals surface area (Å²) in [5.41, 5.74) is 0. The number of hydrogen-bond acceptors (Lipinski definition) is 4. The summed E-state index contributed by atoms with van der Waals surface area (Å²) in [5, 5.41) is 6.32. The lowest BCUT2D eigenvalue weighted by molar-refractivity contribution is 0.232. The minimum absolute atomic E-state index is 0.0455. The van der Waals surface area contributed by atoms with E-state index in [9.17, 15) is 8.42 Å². The van der Waals surface area contributed by atoms with Gasteiger partial charge in [0.2, 0.25) is 0 Å². The summed E-state index contributed by atoms with van der Waals surface area (Å²) in [5.74, 6) is 0.694. The van der Waals surface area contributed by atoms with Crippen molar-refractivity contribution in [2.75, 3.05) is 45.5 Å². The lowest BCUT2D eigenvalue weighted by Crippen LogP contribution is -2.43. The quantitative estimate of drug-likeness (QED) is 0.568. The van der Waals surface area contributed by atoms with E-state index in [-0.39, 0.29) is 5.75 Å². The van der Waals surface area contributed by atoms with Gasteiger partial charge < -0.3 is 15.5 Å². The minimum Gasteiger partial charge on any atom is -0.355 e. The van der Waals surface area contributed by atoms with Crippen LogP contribution >= 0.6 is 0 Å². The SMILES string of the molecule is CN=C(NCCN1CCCCC1)NCCS(=O)(=O)c1ccccc1. The normalized spacial score (nSPS) is 16.8. The zero-order valence-corrected chi connectivity index (χ0v) is 15.2. The van der Waals surface area contributed by atoms with Crippen molar-refractivity contribution in [1.82, 2.24) is 15.5 Å². The molecule has 1 fully saturated rings. The molecule has 1 saturated heterocycles. The second kappa shape index (κ2) is 9.64. The second-order valence-corrected chi connectivity index (χ2v) is 8.07. The van der Waals surface area contributed by atoms with Crippen LogP contribution in [-0.4, -0.2) is 64.8 Å². The molecule has 0 radical (unpaired) electrons. The van der Waals surface area contributed by atoms with E-state index in [2.05, 4.69) is 20.5 Å². The maximum Gasteiger partial charge on any atom is 0.191 e. The van der Waals surface area contributed by atoms with Gasteiger partial charge in [0.05, 0.1) is 10.6 Å². The number of nitrogens with zero attached hydrogens (tertiary/aromatic N) is 2. The van der Waals surface area contributed by atoms with Crippen molar-refractivity contribution in [3.63, 3.8) is 0 Å². The molecule has 0 amide bonds. The van der Waals surface area contributed by atoms with Crippen LogP contribution in [0.1, 0.15) is 19.3 Å². The highest BCUT2D eigenvalue weighted by atomic mass is 32.2. The number of sulfone groups is 1. The van der Waals surface area contributed by atoms with Crippen LogP contribution in [0.3, 0.4) is 0 Å². The molecular weight excluding hydrogens is 324 g/mol. The Morgan fingerprint density at radius 1 is 1.08 bits per heavy atom. The molecule has 0 spiro atoms. The predicted molar refractivity (Wildman–Crippen MR) is 98.2 cm³/mol. The maximum atomic E-state index is 12.2.